The fraction of sp³-hybridized carbons (Fsp3) is 0.320. The number of nitrogens with one attached hydrogen (secondary N) is 1. The van der Waals surface area contributed by atoms with Crippen molar-refractivity contribution in [2.75, 3.05) is 24.7 Å². The van der Waals surface area contributed by atoms with Gasteiger partial charge in [-0.3, -0.25) is 9.36 Å². The van der Waals surface area contributed by atoms with Crippen molar-refractivity contribution in [3.8, 4) is 5.69 Å². The van der Waals surface area contributed by atoms with Gasteiger partial charge in [0.05, 0.1) is 18.4 Å². The van der Waals surface area contributed by atoms with Crippen molar-refractivity contribution in [3.63, 3.8) is 0 Å². The number of halogens is 3. The number of hydrogen-bond acceptors (Lipinski definition) is 6. The lowest BCUT2D eigenvalue weighted by atomic mass is 10.1. The molecule has 4 aromatic rings. The van der Waals surface area contributed by atoms with Gasteiger partial charge in [0, 0.05) is 53.3 Å². The molecule has 1 aromatic carbocycles. The van der Waals surface area contributed by atoms with Crippen LogP contribution in [0.1, 0.15) is 30.4 Å². The van der Waals surface area contributed by atoms with E-state index in [4.69, 9.17) is 0 Å². The Morgan fingerprint density at radius 3 is 2.47 bits per heavy atom. The number of pyridine rings is 1. The van der Waals surface area contributed by atoms with Crippen LogP contribution in [0.5, 0.6) is 0 Å². The summed E-state index contributed by atoms with van der Waals surface area (Å²) in [6.45, 7) is 0.805. The molecule has 1 N–H and O–H groups in total. The van der Waals surface area contributed by atoms with E-state index in [9.17, 15) is 22.0 Å². The smallest absolute Gasteiger partial charge is 0.269 e. The summed E-state index contributed by atoms with van der Waals surface area (Å²) in [6.07, 6.45) is 4.62. The van der Waals surface area contributed by atoms with Crippen molar-refractivity contribution in [3.05, 3.63) is 80.9 Å². The Bertz CT molecular complexity index is 1630. The molecular weight excluding hydrogens is 582 g/mol. The van der Waals surface area contributed by atoms with E-state index in [2.05, 4.69) is 31.2 Å². The highest BCUT2D eigenvalue weighted by molar-refractivity contribution is 9.10. The average molecular weight is 607 g/mol. The van der Waals surface area contributed by atoms with E-state index in [1.807, 2.05) is 47.3 Å². The summed E-state index contributed by atoms with van der Waals surface area (Å²) in [7, 11) is -3.25. The maximum Gasteiger partial charge on any atom is 0.269 e. The number of nitrogens with zero attached hydrogens (tertiary/aromatic N) is 5. The first kappa shape index (κ1) is 26.4. The third-order valence-corrected chi connectivity index (χ3v) is 8.35. The van der Waals surface area contributed by atoms with Crippen molar-refractivity contribution < 1.29 is 17.2 Å². The van der Waals surface area contributed by atoms with Crippen molar-refractivity contribution in [2.45, 2.75) is 31.9 Å². The van der Waals surface area contributed by atoms with Gasteiger partial charge in [-0.25, -0.2) is 26.5 Å². The minimum absolute atomic E-state index is 0.0503. The van der Waals surface area contributed by atoms with E-state index < -0.39 is 27.6 Å². The Labute approximate surface area is 226 Å². The second kappa shape index (κ2) is 10.5. The summed E-state index contributed by atoms with van der Waals surface area (Å²) in [6, 6.07) is 10.4. The molecule has 0 atom stereocenters. The standard InChI is InChI=1S/C25H25BrF2N6O3S/c1-38(36,37)33-10-7-19(8-11-33)30-25-29-13-17-12-21(22(27)28)24(35)34(23(17)31-25)14-16-2-4-20(5-3-16)32-9-6-18(26)15-32/h2-6,9,12-13,15,19,22H,7-8,10-11,14H2,1H3,(H,29,30,31). The van der Waals surface area contributed by atoms with Crippen LogP contribution in [0.4, 0.5) is 14.7 Å². The molecule has 0 amide bonds. The lowest BCUT2D eigenvalue weighted by molar-refractivity contribution is 0.149. The molecule has 0 radical (unpaired) electrons. The van der Waals surface area contributed by atoms with Gasteiger partial charge < -0.3 is 9.88 Å². The van der Waals surface area contributed by atoms with E-state index in [0.29, 0.717) is 31.3 Å². The quantitative estimate of drug-likeness (QED) is 0.339. The van der Waals surface area contributed by atoms with Gasteiger partial charge in [0.2, 0.25) is 16.0 Å². The first-order valence-electron chi connectivity index (χ1n) is 11.9. The van der Waals surface area contributed by atoms with Crippen LogP contribution in [0.3, 0.4) is 0 Å². The second-order valence-electron chi connectivity index (χ2n) is 9.25. The zero-order chi connectivity index (χ0) is 27.0. The number of aromatic nitrogens is 4. The highest BCUT2D eigenvalue weighted by Gasteiger charge is 2.25. The summed E-state index contributed by atoms with van der Waals surface area (Å²) in [5.74, 6) is 0.252. The number of benzene rings is 1. The molecule has 9 nitrogen and oxygen atoms in total. The van der Waals surface area contributed by atoms with E-state index >= 15 is 0 Å². The number of rotatable bonds is 7. The lowest BCUT2D eigenvalue weighted by Crippen LogP contribution is -2.42. The molecule has 1 fully saturated rings. The Morgan fingerprint density at radius 2 is 1.87 bits per heavy atom. The third kappa shape index (κ3) is 5.64. The van der Waals surface area contributed by atoms with E-state index in [1.54, 1.807) is 0 Å². The average Bonchev–Trinajstić information content (AvgIpc) is 3.32. The predicted molar refractivity (Wildman–Crippen MR) is 144 cm³/mol. The molecule has 0 aliphatic carbocycles. The number of sulfonamides is 1. The van der Waals surface area contributed by atoms with Crippen LogP contribution in [-0.4, -0.2) is 57.2 Å². The van der Waals surface area contributed by atoms with Gasteiger partial charge in [-0.15, -0.1) is 0 Å². The molecule has 1 aliphatic rings. The molecule has 4 heterocycles. The zero-order valence-corrected chi connectivity index (χ0v) is 22.8. The maximum absolute atomic E-state index is 13.7. The van der Waals surface area contributed by atoms with Crippen molar-refractivity contribution in [1.82, 2.24) is 23.4 Å². The van der Waals surface area contributed by atoms with Crippen LogP contribution in [-0.2, 0) is 16.6 Å². The Hall–Kier alpha value is -3.16. The molecule has 0 saturated carbocycles. The van der Waals surface area contributed by atoms with Crippen LogP contribution in [0, 0.1) is 0 Å². The SMILES string of the molecule is CS(=O)(=O)N1CCC(Nc2ncc3cc(C(F)F)c(=O)n(Cc4ccc(-n5ccc(Br)c5)cc4)c3n2)CC1. The normalized spacial score (nSPS) is 15.4. The van der Waals surface area contributed by atoms with Crippen LogP contribution in [0.2, 0.25) is 0 Å². The fourth-order valence-corrected chi connectivity index (χ4v) is 5.77. The zero-order valence-electron chi connectivity index (χ0n) is 20.4. The first-order chi connectivity index (χ1) is 18.1. The first-order valence-corrected chi connectivity index (χ1v) is 14.6. The van der Waals surface area contributed by atoms with E-state index in [0.717, 1.165) is 21.8 Å². The van der Waals surface area contributed by atoms with Crippen molar-refractivity contribution >= 4 is 42.9 Å². The molecule has 38 heavy (non-hydrogen) atoms. The minimum atomic E-state index is -3.25. The fourth-order valence-electron chi connectivity index (χ4n) is 4.56. The van der Waals surface area contributed by atoms with E-state index in [1.165, 1.54) is 21.3 Å². The van der Waals surface area contributed by atoms with Gasteiger partial charge in [-0.05, 0) is 58.6 Å². The van der Waals surface area contributed by atoms with Crippen LogP contribution < -0.4 is 10.9 Å². The molecule has 1 aliphatic heterocycles. The van der Waals surface area contributed by atoms with Crippen LogP contribution >= 0.6 is 15.9 Å². The van der Waals surface area contributed by atoms with E-state index in [-0.39, 0.29) is 24.2 Å². The number of hydrogen-bond donors (Lipinski definition) is 1. The summed E-state index contributed by atoms with van der Waals surface area (Å²) in [5.41, 5.74) is 0.481. The molecule has 0 spiro atoms. The summed E-state index contributed by atoms with van der Waals surface area (Å²) in [4.78, 5) is 21.9. The largest absolute Gasteiger partial charge is 0.351 e. The van der Waals surface area contributed by atoms with Gasteiger partial charge >= 0.3 is 0 Å². The Morgan fingerprint density at radius 1 is 1.16 bits per heavy atom. The van der Waals surface area contributed by atoms with Gasteiger partial charge in [-0.2, -0.15) is 4.98 Å². The molecule has 13 heteroatoms. The third-order valence-electron chi connectivity index (χ3n) is 6.58. The number of piperidine rings is 1. The molecule has 0 unspecified atom stereocenters. The van der Waals surface area contributed by atoms with Gasteiger partial charge in [0.15, 0.2) is 0 Å². The molecule has 1 saturated heterocycles. The summed E-state index contributed by atoms with van der Waals surface area (Å²) in [5, 5.41) is 3.53. The number of alkyl halides is 2. The van der Waals surface area contributed by atoms with Gasteiger partial charge in [-0.1, -0.05) is 12.1 Å². The Kier molecular flexibility index (Phi) is 7.34. The predicted octanol–water partition coefficient (Wildman–Crippen LogP) is 4.17. The molecule has 3 aromatic heterocycles. The summed E-state index contributed by atoms with van der Waals surface area (Å²) >= 11 is 3.42. The highest BCUT2D eigenvalue weighted by atomic mass is 79.9. The monoisotopic (exact) mass is 606 g/mol. The minimum Gasteiger partial charge on any atom is -0.351 e. The van der Waals surface area contributed by atoms with Crippen molar-refractivity contribution in [1.29, 1.82) is 0 Å². The number of fused-ring (bicyclic) bond motifs is 1. The second-order valence-corrected chi connectivity index (χ2v) is 12.1. The highest BCUT2D eigenvalue weighted by Crippen LogP contribution is 2.23. The number of anilines is 1. The summed E-state index contributed by atoms with van der Waals surface area (Å²) < 4.78 is 56.5. The van der Waals surface area contributed by atoms with Gasteiger partial charge in [0.1, 0.15) is 5.65 Å². The topological polar surface area (TPSA) is 102 Å². The van der Waals surface area contributed by atoms with Gasteiger partial charge in [0.25, 0.3) is 12.0 Å². The lowest BCUT2D eigenvalue weighted by Gasteiger charge is -2.30. The molecule has 200 valence electrons. The molecule has 0 bridgehead atoms. The molecular formula is C25H25BrF2N6O3S. The maximum atomic E-state index is 13.7. The van der Waals surface area contributed by atoms with Crippen molar-refractivity contribution in [2.24, 2.45) is 0 Å². The van der Waals surface area contributed by atoms with Crippen LogP contribution in [0.15, 0.2) is 64.3 Å². The van der Waals surface area contributed by atoms with Crippen LogP contribution in [0.25, 0.3) is 16.7 Å². The molecule has 5 rings (SSSR count). The Balaban J connectivity index is 1.44.